The average Bonchev–Trinajstić information content (AvgIpc) is 2.92. The standard InChI is InChI=1S/C16H16ClNO2S/c1-2-20-16(19)12-4-3-5-13-14(12)18-15(21-13)10-6-8-11(17)9-7-10/h6-9,12H,2-5H2,1H3/t12-/m1/s1. The molecule has 0 radical (unpaired) electrons. The summed E-state index contributed by atoms with van der Waals surface area (Å²) in [5, 5.41) is 1.66. The molecule has 1 aromatic heterocycles. The van der Waals surface area contributed by atoms with Crippen LogP contribution in [0.15, 0.2) is 24.3 Å². The Morgan fingerprint density at radius 3 is 2.90 bits per heavy atom. The molecule has 1 aliphatic carbocycles. The third-order valence-electron chi connectivity index (χ3n) is 3.62. The third kappa shape index (κ3) is 2.97. The molecule has 0 aliphatic heterocycles. The van der Waals surface area contributed by atoms with E-state index < -0.39 is 0 Å². The maximum Gasteiger partial charge on any atom is 0.315 e. The first kappa shape index (κ1) is 14.5. The Bertz CT molecular complexity index is 651. The fourth-order valence-corrected chi connectivity index (χ4v) is 3.90. The minimum atomic E-state index is -0.203. The van der Waals surface area contributed by atoms with Crippen molar-refractivity contribution in [2.45, 2.75) is 32.1 Å². The van der Waals surface area contributed by atoms with Crippen molar-refractivity contribution in [2.75, 3.05) is 6.61 Å². The number of aromatic nitrogens is 1. The molecule has 0 saturated heterocycles. The molecular formula is C16H16ClNO2S. The van der Waals surface area contributed by atoms with Crippen LogP contribution in [0.4, 0.5) is 0 Å². The summed E-state index contributed by atoms with van der Waals surface area (Å²) >= 11 is 7.59. The number of carbonyl (C=O) groups is 1. The van der Waals surface area contributed by atoms with E-state index in [4.69, 9.17) is 21.3 Å². The van der Waals surface area contributed by atoms with Crippen LogP contribution in [0.1, 0.15) is 36.3 Å². The van der Waals surface area contributed by atoms with Gasteiger partial charge in [-0.1, -0.05) is 23.7 Å². The lowest BCUT2D eigenvalue weighted by molar-refractivity contribution is -0.145. The van der Waals surface area contributed by atoms with E-state index in [9.17, 15) is 4.79 Å². The minimum absolute atomic E-state index is 0.147. The molecule has 2 aromatic rings. The highest BCUT2D eigenvalue weighted by Gasteiger charge is 2.31. The summed E-state index contributed by atoms with van der Waals surface area (Å²) in [5.41, 5.74) is 1.95. The van der Waals surface area contributed by atoms with Gasteiger partial charge in [-0.05, 0) is 38.3 Å². The molecule has 1 aromatic carbocycles. The van der Waals surface area contributed by atoms with E-state index >= 15 is 0 Å². The number of rotatable bonds is 3. The number of hydrogen-bond acceptors (Lipinski definition) is 4. The van der Waals surface area contributed by atoms with Crippen LogP contribution in [0.25, 0.3) is 10.6 Å². The Morgan fingerprint density at radius 2 is 2.19 bits per heavy atom. The van der Waals surface area contributed by atoms with Gasteiger partial charge in [0.05, 0.1) is 12.3 Å². The maximum atomic E-state index is 12.1. The molecule has 21 heavy (non-hydrogen) atoms. The van der Waals surface area contributed by atoms with E-state index in [0.29, 0.717) is 11.6 Å². The molecule has 0 N–H and O–H groups in total. The second-order valence-corrected chi connectivity index (χ2v) is 6.55. The lowest BCUT2D eigenvalue weighted by atomic mass is 9.91. The van der Waals surface area contributed by atoms with Crippen molar-refractivity contribution in [3.63, 3.8) is 0 Å². The fourth-order valence-electron chi connectivity index (χ4n) is 2.61. The second kappa shape index (κ2) is 6.16. The van der Waals surface area contributed by atoms with E-state index in [2.05, 4.69) is 0 Å². The Labute approximate surface area is 132 Å². The number of benzene rings is 1. The normalized spacial score (nSPS) is 17.3. The van der Waals surface area contributed by atoms with Crippen LogP contribution in [-0.2, 0) is 16.0 Å². The monoisotopic (exact) mass is 321 g/mol. The predicted octanol–water partition coefficient (Wildman–Crippen LogP) is 4.45. The number of nitrogens with zero attached hydrogens (tertiary/aromatic N) is 1. The second-order valence-electron chi connectivity index (χ2n) is 5.03. The topological polar surface area (TPSA) is 39.2 Å². The van der Waals surface area contributed by atoms with Crippen LogP contribution >= 0.6 is 22.9 Å². The Morgan fingerprint density at radius 1 is 1.43 bits per heavy atom. The van der Waals surface area contributed by atoms with Gasteiger partial charge < -0.3 is 4.74 Å². The summed E-state index contributed by atoms with van der Waals surface area (Å²) < 4.78 is 5.18. The Balaban J connectivity index is 1.94. The van der Waals surface area contributed by atoms with Crippen LogP contribution in [0, 0.1) is 0 Å². The zero-order chi connectivity index (χ0) is 14.8. The number of fused-ring (bicyclic) bond motifs is 1. The molecular weight excluding hydrogens is 306 g/mol. The van der Waals surface area contributed by atoms with E-state index in [1.54, 1.807) is 11.3 Å². The van der Waals surface area contributed by atoms with Crippen molar-refractivity contribution in [3.8, 4) is 10.6 Å². The van der Waals surface area contributed by atoms with Crippen molar-refractivity contribution in [2.24, 2.45) is 0 Å². The Kier molecular flexibility index (Phi) is 4.27. The predicted molar refractivity (Wildman–Crippen MR) is 84.9 cm³/mol. The minimum Gasteiger partial charge on any atom is -0.465 e. The molecule has 1 aliphatic rings. The van der Waals surface area contributed by atoms with Gasteiger partial charge in [0.1, 0.15) is 10.9 Å². The average molecular weight is 322 g/mol. The van der Waals surface area contributed by atoms with Gasteiger partial charge in [-0.25, -0.2) is 4.98 Å². The number of esters is 1. The van der Waals surface area contributed by atoms with E-state index in [0.717, 1.165) is 35.5 Å². The molecule has 0 spiro atoms. The lowest BCUT2D eigenvalue weighted by Crippen LogP contribution is -2.20. The van der Waals surface area contributed by atoms with E-state index in [-0.39, 0.29) is 11.9 Å². The van der Waals surface area contributed by atoms with Gasteiger partial charge in [-0.2, -0.15) is 0 Å². The summed E-state index contributed by atoms with van der Waals surface area (Å²) in [6, 6.07) is 7.65. The van der Waals surface area contributed by atoms with E-state index in [1.165, 1.54) is 4.88 Å². The Hall–Kier alpha value is -1.39. The number of aryl methyl sites for hydroxylation is 1. The molecule has 0 saturated carbocycles. The molecule has 110 valence electrons. The first-order chi connectivity index (χ1) is 10.2. The first-order valence-corrected chi connectivity index (χ1v) is 8.30. The van der Waals surface area contributed by atoms with Crippen LogP contribution < -0.4 is 0 Å². The molecule has 0 bridgehead atoms. The summed E-state index contributed by atoms with van der Waals surface area (Å²) in [6.45, 7) is 2.25. The van der Waals surface area contributed by atoms with Crippen molar-refractivity contribution in [1.29, 1.82) is 0 Å². The van der Waals surface area contributed by atoms with Gasteiger partial charge in [0.15, 0.2) is 0 Å². The summed E-state index contributed by atoms with van der Waals surface area (Å²) in [5.74, 6) is -0.350. The number of carbonyl (C=O) groups excluding carboxylic acids is 1. The van der Waals surface area contributed by atoms with Crippen molar-refractivity contribution < 1.29 is 9.53 Å². The summed E-state index contributed by atoms with van der Waals surface area (Å²) in [4.78, 5) is 18.0. The molecule has 5 heteroatoms. The zero-order valence-corrected chi connectivity index (χ0v) is 13.3. The summed E-state index contributed by atoms with van der Waals surface area (Å²) in [6.07, 6.45) is 2.84. The molecule has 0 amide bonds. The highest BCUT2D eigenvalue weighted by Crippen LogP contribution is 2.38. The number of hydrogen-bond donors (Lipinski definition) is 0. The zero-order valence-electron chi connectivity index (χ0n) is 11.8. The van der Waals surface area contributed by atoms with Crippen LogP contribution in [-0.4, -0.2) is 17.6 Å². The van der Waals surface area contributed by atoms with Gasteiger partial charge in [-0.3, -0.25) is 4.79 Å². The maximum absolute atomic E-state index is 12.1. The molecule has 0 unspecified atom stereocenters. The van der Waals surface area contributed by atoms with Crippen LogP contribution in [0.5, 0.6) is 0 Å². The molecule has 1 heterocycles. The third-order valence-corrected chi connectivity index (χ3v) is 5.05. The highest BCUT2D eigenvalue weighted by molar-refractivity contribution is 7.15. The number of thiazole rings is 1. The molecule has 1 atom stereocenters. The lowest BCUT2D eigenvalue weighted by Gasteiger charge is -2.19. The van der Waals surface area contributed by atoms with Gasteiger partial charge in [0, 0.05) is 15.5 Å². The first-order valence-electron chi connectivity index (χ1n) is 7.11. The number of halogens is 1. The largest absolute Gasteiger partial charge is 0.465 e. The van der Waals surface area contributed by atoms with Gasteiger partial charge in [0.25, 0.3) is 0 Å². The number of ether oxygens (including phenoxy) is 1. The highest BCUT2D eigenvalue weighted by atomic mass is 35.5. The SMILES string of the molecule is CCOC(=O)[C@@H]1CCCc2sc(-c3ccc(Cl)cc3)nc21. The quantitative estimate of drug-likeness (QED) is 0.784. The van der Waals surface area contributed by atoms with Gasteiger partial charge in [-0.15, -0.1) is 11.3 Å². The summed E-state index contributed by atoms with van der Waals surface area (Å²) in [7, 11) is 0. The van der Waals surface area contributed by atoms with Crippen molar-refractivity contribution >= 4 is 28.9 Å². The molecule has 3 nitrogen and oxygen atoms in total. The molecule has 0 fully saturated rings. The van der Waals surface area contributed by atoms with E-state index in [1.807, 2.05) is 31.2 Å². The van der Waals surface area contributed by atoms with Gasteiger partial charge >= 0.3 is 5.97 Å². The van der Waals surface area contributed by atoms with Crippen molar-refractivity contribution in [3.05, 3.63) is 39.9 Å². The van der Waals surface area contributed by atoms with Crippen LogP contribution in [0.2, 0.25) is 5.02 Å². The van der Waals surface area contributed by atoms with Crippen molar-refractivity contribution in [1.82, 2.24) is 4.98 Å². The fraction of sp³-hybridized carbons (Fsp3) is 0.375. The van der Waals surface area contributed by atoms with Gasteiger partial charge in [0.2, 0.25) is 0 Å². The van der Waals surface area contributed by atoms with Crippen LogP contribution in [0.3, 0.4) is 0 Å². The molecule has 3 rings (SSSR count). The smallest absolute Gasteiger partial charge is 0.315 e.